The van der Waals surface area contributed by atoms with Gasteiger partial charge in [-0.1, -0.05) is 18.2 Å². The Labute approximate surface area is 209 Å². The third kappa shape index (κ3) is 4.63. The zero-order valence-corrected chi connectivity index (χ0v) is 19.9. The normalized spacial score (nSPS) is 25.1. The Balaban J connectivity index is 1.31. The third-order valence-electron chi connectivity index (χ3n) is 7.32. The average Bonchev–Trinajstić information content (AvgIpc) is 3.51. The van der Waals surface area contributed by atoms with Crippen LogP contribution >= 0.6 is 0 Å². The van der Waals surface area contributed by atoms with E-state index in [2.05, 4.69) is 10.3 Å². The number of urea groups is 1. The number of hydrogen-bond donors (Lipinski definition) is 1. The van der Waals surface area contributed by atoms with Crippen LogP contribution in [-0.4, -0.2) is 65.0 Å². The minimum atomic E-state index is -1.27. The van der Waals surface area contributed by atoms with E-state index in [4.69, 9.17) is 4.74 Å². The molecule has 36 heavy (non-hydrogen) atoms. The van der Waals surface area contributed by atoms with Crippen LogP contribution < -0.4 is 5.32 Å². The molecule has 2 atom stereocenters. The molecule has 1 aromatic carbocycles. The Hall–Kier alpha value is -3.59. The van der Waals surface area contributed by atoms with Gasteiger partial charge in [-0.05, 0) is 61.6 Å². The van der Waals surface area contributed by atoms with Gasteiger partial charge < -0.3 is 15.0 Å². The number of aromatic nitrogens is 1. The Bertz CT molecular complexity index is 1140. The lowest BCUT2D eigenvalue weighted by Gasteiger charge is -2.40. The average molecular weight is 493 g/mol. The molecular formula is C27H29FN4O4. The van der Waals surface area contributed by atoms with Gasteiger partial charge in [-0.15, -0.1) is 0 Å². The van der Waals surface area contributed by atoms with E-state index in [9.17, 15) is 18.8 Å². The molecule has 188 valence electrons. The van der Waals surface area contributed by atoms with Crippen molar-refractivity contribution in [3.05, 3.63) is 71.8 Å². The number of halogens is 1. The number of nitrogens with one attached hydrogen (secondary N) is 1. The van der Waals surface area contributed by atoms with E-state index in [0.29, 0.717) is 38.2 Å². The van der Waals surface area contributed by atoms with Gasteiger partial charge in [0, 0.05) is 37.9 Å². The highest BCUT2D eigenvalue weighted by molar-refractivity contribution is 6.07. The first-order valence-electron chi connectivity index (χ1n) is 12.4. The molecule has 0 radical (unpaired) electrons. The lowest BCUT2D eigenvalue weighted by molar-refractivity contribution is -0.136. The predicted octanol–water partition coefficient (Wildman–Crippen LogP) is 3.10. The van der Waals surface area contributed by atoms with Crippen molar-refractivity contribution >= 4 is 23.9 Å². The van der Waals surface area contributed by atoms with Crippen LogP contribution in [-0.2, 0) is 19.9 Å². The summed E-state index contributed by atoms with van der Waals surface area (Å²) in [5.74, 6) is -0.997. The highest BCUT2D eigenvalue weighted by Gasteiger charge is 2.58. The largest absolute Gasteiger partial charge is 0.376 e. The molecule has 0 saturated carbocycles. The summed E-state index contributed by atoms with van der Waals surface area (Å²) in [5, 5.41) is 2.99. The summed E-state index contributed by atoms with van der Waals surface area (Å²) in [6.45, 7) is 1.76. The molecule has 3 saturated heterocycles. The monoisotopic (exact) mass is 492 g/mol. The molecule has 4 heterocycles. The van der Waals surface area contributed by atoms with Crippen LogP contribution in [0.5, 0.6) is 0 Å². The summed E-state index contributed by atoms with van der Waals surface area (Å²) in [4.78, 5) is 47.1. The van der Waals surface area contributed by atoms with E-state index in [1.807, 2.05) is 6.07 Å². The maximum atomic E-state index is 13.9. The summed E-state index contributed by atoms with van der Waals surface area (Å²) >= 11 is 0. The van der Waals surface area contributed by atoms with Gasteiger partial charge in [0.15, 0.2) is 5.54 Å². The van der Waals surface area contributed by atoms with Crippen molar-refractivity contribution in [2.24, 2.45) is 5.92 Å². The lowest BCUT2D eigenvalue weighted by atomic mass is 9.75. The second-order valence-electron chi connectivity index (χ2n) is 9.49. The van der Waals surface area contributed by atoms with E-state index < -0.39 is 11.6 Å². The number of hydrogen-bond acceptors (Lipinski definition) is 5. The van der Waals surface area contributed by atoms with Crippen molar-refractivity contribution in [1.82, 2.24) is 20.1 Å². The number of likely N-dealkylation sites (tertiary alicyclic amines) is 1. The Morgan fingerprint density at radius 1 is 1.14 bits per heavy atom. The fraction of sp³-hybridized carbons (Fsp3) is 0.407. The van der Waals surface area contributed by atoms with Crippen molar-refractivity contribution in [1.29, 1.82) is 0 Å². The molecule has 0 aliphatic carbocycles. The number of carbonyl (C=O) groups excluding carboxylic acids is 3. The molecule has 0 unspecified atom stereocenters. The van der Waals surface area contributed by atoms with Gasteiger partial charge in [-0.3, -0.25) is 19.5 Å². The van der Waals surface area contributed by atoms with E-state index in [0.717, 1.165) is 18.4 Å². The molecule has 3 fully saturated rings. The first kappa shape index (κ1) is 24.1. The van der Waals surface area contributed by atoms with Crippen LogP contribution in [0, 0.1) is 11.7 Å². The van der Waals surface area contributed by atoms with E-state index in [1.165, 1.54) is 23.1 Å². The number of pyridine rings is 1. The van der Waals surface area contributed by atoms with E-state index in [-0.39, 0.29) is 36.2 Å². The fourth-order valence-corrected chi connectivity index (χ4v) is 5.39. The molecule has 5 rings (SSSR count). The molecule has 4 amide bonds. The fourth-order valence-electron chi connectivity index (χ4n) is 5.39. The molecule has 1 aromatic heterocycles. The standard InChI is InChI=1S/C27H29FN4O4/c28-21-9-6-19(7-10-21)8-11-24(33)31-15-12-20(13-16-31)27(23-5-1-2-14-29-23)25(34)32(26(35)30-27)18-22-4-3-17-36-22/h1-2,5-11,14,20,22H,3-4,12-13,15-18H2,(H,30,35)/b11-8+/t22-,27+/m0/s1. The maximum Gasteiger partial charge on any atom is 0.325 e. The topological polar surface area (TPSA) is 91.8 Å². The van der Waals surface area contributed by atoms with Gasteiger partial charge in [-0.25, -0.2) is 9.18 Å². The van der Waals surface area contributed by atoms with Crippen LogP contribution in [0.4, 0.5) is 9.18 Å². The first-order valence-corrected chi connectivity index (χ1v) is 12.4. The molecule has 1 N–H and O–H groups in total. The summed E-state index contributed by atoms with van der Waals surface area (Å²) in [5.41, 5.74) is -0.0192. The zero-order chi connectivity index (χ0) is 25.1. The highest BCUT2D eigenvalue weighted by Crippen LogP contribution is 2.41. The SMILES string of the molecule is O=C(/C=C/c1ccc(F)cc1)N1CCC([C@]2(c3ccccn3)NC(=O)N(C[C@@H]3CCCO3)C2=O)CC1. The van der Waals surface area contributed by atoms with Gasteiger partial charge in [0.05, 0.1) is 18.3 Å². The number of imide groups is 1. The summed E-state index contributed by atoms with van der Waals surface area (Å²) in [6.07, 6.45) is 7.42. The number of carbonyl (C=O) groups is 3. The van der Waals surface area contributed by atoms with Crippen LogP contribution in [0.3, 0.4) is 0 Å². The van der Waals surface area contributed by atoms with Gasteiger partial charge in [-0.2, -0.15) is 0 Å². The van der Waals surface area contributed by atoms with Crippen molar-refractivity contribution in [3.63, 3.8) is 0 Å². The number of amides is 4. The van der Waals surface area contributed by atoms with Crippen LogP contribution in [0.1, 0.15) is 36.9 Å². The smallest absolute Gasteiger partial charge is 0.325 e. The zero-order valence-electron chi connectivity index (χ0n) is 19.9. The lowest BCUT2D eigenvalue weighted by Crippen LogP contribution is -2.54. The number of piperidine rings is 1. The summed E-state index contributed by atoms with van der Waals surface area (Å²) in [7, 11) is 0. The predicted molar refractivity (Wildman–Crippen MR) is 130 cm³/mol. The molecular weight excluding hydrogens is 463 g/mol. The summed E-state index contributed by atoms with van der Waals surface area (Å²) < 4.78 is 18.8. The molecule has 2 aromatic rings. The quantitative estimate of drug-likeness (QED) is 0.494. The Morgan fingerprint density at radius 2 is 1.92 bits per heavy atom. The van der Waals surface area contributed by atoms with Crippen molar-refractivity contribution in [3.8, 4) is 0 Å². The third-order valence-corrected chi connectivity index (χ3v) is 7.32. The molecule has 9 heteroatoms. The number of ether oxygens (including phenoxy) is 1. The van der Waals surface area contributed by atoms with Gasteiger partial charge in [0.25, 0.3) is 5.91 Å². The van der Waals surface area contributed by atoms with E-state index >= 15 is 0 Å². The minimum Gasteiger partial charge on any atom is -0.376 e. The second-order valence-corrected chi connectivity index (χ2v) is 9.49. The van der Waals surface area contributed by atoms with E-state index in [1.54, 1.807) is 41.4 Å². The summed E-state index contributed by atoms with van der Waals surface area (Å²) in [6, 6.07) is 10.8. The van der Waals surface area contributed by atoms with Crippen LogP contribution in [0.15, 0.2) is 54.7 Å². The van der Waals surface area contributed by atoms with Crippen molar-refractivity contribution < 1.29 is 23.5 Å². The first-order chi connectivity index (χ1) is 17.5. The van der Waals surface area contributed by atoms with Crippen LogP contribution in [0.2, 0.25) is 0 Å². The van der Waals surface area contributed by atoms with Crippen molar-refractivity contribution in [2.75, 3.05) is 26.2 Å². The molecule has 3 aliphatic rings. The van der Waals surface area contributed by atoms with Crippen LogP contribution in [0.25, 0.3) is 6.08 Å². The highest BCUT2D eigenvalue weighted by atomic mass is 19.1. The molecule has 0 spiro atoms. The number of nitrogens with zero attached hydrogens (tertiary/aromatic N) is 3. The van der Waals surface area contributed by atoms with Gasteiger partial charge >= 0.3 is 6.03 Å². The molecule has 0 bridgehead atoms. The molecule has 3 aliphatic heterocycles. The van der Waals surface area contributed by atoms with Crippen molar-refractivity contribution in [2.45, 2.75) is 37.3 Å². The number of benzene rings is 1. The van der Waals surface area contributed by atoms with Gasteiger partial charge in [0.1, 0.15) is 5.82 Å². The second kappa shape index (κ2) is 10.2. The molecule has 8 nitrogen and oxygen atoms in total. The maximum absolute atomic E-state index is 13.9. The van der Waals surface area contributed by atoms with Gasteiger partial charge in [0.2, 0.25) is 5.91 Å². The number of rotatable bonds is 6. The minimum absolute atomic E-state index is 0.147. The Kier molecular flexibility index (Phi) is 6.82. The Morgan fingerprint density at radius 3 is 2.58 bits per heavy atom.